The van der Waals surface area contributed by atoms with Crippen molar-refractivity contribution in [2.45, 2.75) is 102 Å². The van der Waals surface area contributed by atoms with Crippen LogP contribution >= 0.6 is 26.5 Å². The van der Waals surface area contributed by atoms with Gasteiger partial charge in [-0.3, -0.25) is 4.57 Å². The van der Waals surface area contributed by atoms with Crippen LogP contribution in [-0.2, 0) is 27.6 Å². The molecule has 0 saturated carbocycles. The Balaban J connectivity index is 1.72. The van der Waals surface area contributed by atoms with Crippen LogP contribution in [0.2, 0.25) is 0 Å². The fourth-order valence-corrected chi connectivity index (χ4v) is 11.6. The highest BCUT2D eigenvalue weighted by Crippen LogP contribution is 2.67. The van der Waals surface area contributed by atoms with Crippen molar-refractivity contribution in [1.29, 1.82) is 0 Å². The summed E-state index contributed by atoms with van der Waals surface area (Å²) in [5, 5.41) is -0.167. The highest BCUT2D eigenvalue weighted by atomic mass is 32.7. The van der Waals surface area contributed by atoms with Crippen molar-refractivity contribution in [3.8, 4) is 0 Å². The highest BCUT2D eigenvalue weighted by Gasteiger charge is 2.46. The zero-order chi connectivity index (χ0) is 26.5. The van der Waals surface area contributed by atoms with E-state index in [4.69, 9.17) is 33.7 Å². The molecular weight excluding hydrogens is 482 g/mol. The predicted octanol–water partition coefficient (Wildman–Crippen LogP) is 5.72. The molecule has 0 aromatic rings. The average molecular weight is 528 g/mol. The minimum absolute atomic E-state index is 0.0322. The second-order valence-electron chi connectivity index (χ2n) is 9.01. The maximum absolute atomic E-state index is 13.8. The largest absolute Gasteiger partial charge is 0.376 e. The molecule has 0 radical (unpaired) electrons. The fourth-order valence-electron chi connectivity index (χ4n) is 4.25. The molecule has 0 aromatic heterocycles. The molecule has 0 N–H and O–H groups in total. The predicted molar refractivity (Wildman–Crippen MR) is 134 cm³/mol. The van der Waals surface area contributed by atoms with E-state index in [2.05, 4.69) is 37.2 Å². The van der Waals surface area contributed by atoms with E-state index >= 15 is 0 Å². The summed E-state index contributed by atoms with van der Waals surface area (Å²) in [5.41, 5.74) is 0. The third kappa shape index (κ3) is 7.62. The minimum atomic E-state index is -3.10. The van der Waals surface area contributed by atoms with Crippen LogP contribution in [0.15, 0.2) is 0 Å². The van der Waals surface area contributed by atoms with Crippen LogP contribution < -0.4 is 0 Å². The maximum atomic E-state index is 13.8. The van der Waals surface area contributed by atoms with Crippen LogP contribution in [0.3, 0.4) is 0 Å². The number of hydrogen-bond donors (Lipinski definition) is 0. The topological polar surface area (TPSA) is 70.8 Å². The van der Waals surface area contributed by atoms with Gasteiger partial charge in [0, 0.05) is 44.5 Å². The van der Waals surface area contributed by atoms with Gasteiger partial charge in [-0.2, -0.15) is 0 Å². The SMILES string of the molecule is [2H]C[C@H]1O[C@H]([3H])C[C@@H]1O[P@@]1(=O)CCC[C@H]([C@H]2O[C@H]([3H])C[C@@H]2OP(OCC[N+]#[C-])N(C(C)C)C(C)C)S1. The summed E-state index contributed by atoms with van der Waals surface area (Å²) in [6.07, 6.45) is 0.724. The molecule has 3 saturated heterocycles. The Kier molecular flexibility index (Phi) is 9.31. The summed E-state index contributed by atoms with van der Waals surface area (Å²) >= 11 is 1.29. The van der Waals surface area contributed by atoms with E-state index in [0.29, 0.717) is 25.4 Å². The maximum Gasteiger partial charge on any atom is 0.259 e. The molecule has 33 heavy (non-hydrogen) atoms. The lowest BCUT2D eigenvalue weighted by atomic mass is 10.1. The molecule has 0 bridgehead atoms. The third-order valence-electron chi connectivity index (χ3n) is 5.72. The first-order chi connectivity index (χ1) is 17.1. The number of ether oxygens (including phenoxy) is 2. The molecule has 3 aliphatic heterocycles. The molecular formula is C22H40N2O6P2S. The van der Waals surface area contributed by atoms with E-state index in [-0.39, 0.29) is 37.4 Å². The van der Waals surface area contributed by atoms with Gasteiger partial charge in [0.2, 0.25) is 6.54 Å². The summed E-state index contributed by atoms with van der Waals surface area (Å²) in [5.74, 6) is 0. The van der Waals surface area contributed by atoms with Crippen molar-refractivity contribution >= 4 is 26.5 Å². The van der Waals surface area contributed by atoms with Crippen molar-refractivity contribution in [2.75, 3.05) is 32.5 Å². The molecule has 3 aliphatic rings. The quantitative estimate of drug-likeness (QED) is 0.192. The van der Waals surface area contributed by atoms with Crippen molar-refractivity contribution in [3.63, 3.8) is 0 Å². The summed E-state index contributed by atoms with van der Waals surface area (Å²) < 4.78 is 69.9. The van der Waals surface area contributed by atoms with Gasteiger partial charge in [0.1, 0.15) is 6.61 Å². The molecule has 1 unspecified atom stereocenters. The summed E-state index contributed by atoms with van der Waals surface area (Å²) in [6, 6.07) is 0.322. The molecule has 3 heterocycles. The van der Waals surface area contributed by atoms with Crippen molar-refractivity contribution in [2.24, 2.45) is 0 Å². The highest BCUT2D eigenvalue weighted by molar-refractivity contribution is 8.57. The van der Waals surface area contributed by atoms with Gasteiger partial charge in [-0.1, -0.05) is 11.4 Å². The van der Waals surface area contributed by atoms with E-state index in [9.17, 15) is 4.57 Å². The Bertz CT molecular complexity index is 789. The smallest absolute Gasteiger partial charge is 0.259 e. The Morgan fingerprint density at radius 1 is 1.27 bits per heavy atom. The van der Waals surface area contributed by atoms with Gasteiger partial charge in [0.25, 0.3) is 15.1 Å². The summed E-state index contributed by atoms with van der Waals surface area (Å²) in [4.78, 5) is 3.39. The second kappa shape index (κ2) is 13.0. The van der Waals surface area contributed by atoms with E-state index in [1.165, 1.54) is 11.4 Å². The first-order valence-corrected chi connectivity index (χ1v) is 16.1. The van der Waals surface area contributed by atoms with E-state index in [1.54, 1.807) is 0 Å². The lowest BCUT2D eigenvalue weighted by Gasteiger charge is -2.39. The van der Waals surface area contributed by atoms with Crippen LogP contribution in [0.5, 0.6) is 0 Å². The van der Waals surface area contributed by atoms with Gasteiger partial charge in [0.15, 0.2) is 0 Å². The van der Waals surface area contributed by atoms with E-state index in [1.807, 2.05) is 0 Å². The lowest BCUT2D eigenvalue weighted by Crippen LogP contribution is -2.39. The minimum Gasteiger partial charge on any atom is -0.376 e. The molecule has 190 valence electrons. The molecule has 0 amide bonds. The fraction of sp³-hybridized carbons (Fsp3) is 0.955. The van der Waals surface area contributed by atoms with Crippen LogP contribution in [0.25, 0.3) is 4.85 Å². The first-order valence-electron chi connectivity index (χ1n) is 13.5. The normalized spacial score (nSPS) is 41.8. The van der Waals surface area contributed by atoms with Crippen LogP contribution in [0.1, 0.15) is 64.4 Å². The van der Waals surface area contributed by atoms with Gasteiger partial charge in [0.05, 0.1) is 27.2 Å². The zero-order valence-electron chi connectivity index (χ0n) is 23.0. The first kappa shape index (κ1) is 23.6. The van der Waals surface area contributed by atoms with Gasteiger partial charge < -0.3 is 27.9 Å². The molecule has 3 rings (SSSR count). The summed E-state index contributed by atoms with van der Waals surface area (Å²) in [7, 11) is -1.48. The Morgan fingerprint density at radius 2 is 2.00 bits per heavy atom. The molecule has 11 heteroatoms. The number of rotatable bonds is 11. The number of nitrogens with zero attached hydrogens (tertiary/aromatic N) is 2. The van der Waals surface area contributed by atoms with Gasteiger partial charge in [-0.25, -0.2) is 11.2 Å². The van der Waals surface area contributed by atoms with Crippen molar-refractivity contribution in [1.82, 2.24) is 4.67 Å². The van der Waals surface area contributed by atoms with Gasteiger partial charge in [-0.05, 0) is 53.9 Å². The van der Waals surface area contributed by atoms with Gasteiger partial charge >= 0.3 is 0 Å². The zero-order valence-corrected chi connectivity index (χ0v) is 22.6. The Morgan fingerprint density at radius 3 is 2.70 bits per heavy atom. The summed E-state index contributed by atoms with van der Waals surface area (Å²) in [6.45, 7) is 11.3. The lowest BCUT2D eigenvalue weighted by molar-refractivity contribution is 0.0402. The Labute approximate surface area is 209 Å². The standard InChI is InChI=1S/C22H40N2O6P2S/c1-16(2)24(17(3)4)31(28-14-11-23-6)29-20-10-13-27-22(20)21-8-7-15-32(25,33-21)30-19-9-12-26-18(19)5/h16-22H,7-15H2,1-5H3/t18-,19+,20+,21-,22+,31?,32+/m1/s1/i5D,12T,13T/t12-,13-,18-,19+,20+,21-,22+,31?,32+. The van der Waals surface area contributed by atoms with Crippen LogP contribution in [0.4, 0.5) is 0 Å². The van der Waals surface area contributed by atoms with Crippen molar-refractivity contribution < 1.29 is 31.7 Å². The number of hydrogen-bond acceptors (Lipinski definition) is 8. The monoisotopic (exact) mass is 527 g/mol. The molecule has 0 spiro atoms. The van der Waals surface area contributed by atoms with Crippen LogP contribution in [-0.4, -0.2) is 78.9 Å². The van der Waals surface area contributed by atoms with E-state index in [0.717, 1.165) is 6.42 Å². The molecule has 8 nitrogen and oxygen atoms in total. The van der Waals surface area contributed by atoms with E-state index < -0.39 is 52.7 Å². The third-order valence-corrected chi connectivity index (χ3v) is 13.0. The molecule has 0 aliphatic carbocycles. The Hall–Kier alpha value is 0.260. The molecule has 0 aromatic carbocycles. The van der Waals surface area contributed by atoms with Gasteiger partial charge in [-0.15, -0.1) is 0 Å². The molecule has 3 fully saturated rings. The van der Waals surface area contributed by atoms with Crippen molar-refractivity contribution in [3.05, 3.63) is 11.4 Å². The molecule has 9 atom stereocenters. The average Bonchev–Trinajstić information content (AvgIpc) is 3.33. The van der Waals surface area contributed by atoms with Crippen LogP contribution in [0, 0.1) is 6.57 Å². The second-order valence-corrected chi connectivity index (χ2v) is 15.4.